The standard InChI is InChI=1S/C22H24N4O/c1-16-4-6-17(7-5-16)15-24-21-14-18(12-13-23-21)22(27)25-19-8-10-20(11-9-19)26(2)3/h4-14H,15H2,1-3H3,(H,23,24)(H,25,27). The Morgan fingerprint density at radius 3 is 2.37 bits per heavy atom. The molecule has 5 nitrogen and oxygen atoms in total. The zero-order valence-electron chi connectivity index (χ0n) is 15.9. The summed E-state index contributed by atoms with van der Waals surface area (Å²) in [5.74, 6) is 0.513. The molecule has 2 aromatic carbocycles. The van der Waals surface area contributed by atoms with Crippen molar-refractivity contribution in [3.8, 4) is 0 Å². The lowest BCUT2D eigenvalue weighted by molar-refractivity contribution is 0.102. The second kappa shape index (κ2) is 8.36. The van der Waals surface area contributed by atoms with E-state index in [0.29, 0.717) is 17.9 Å². The molecule has 1 amide bonds. The Kier molecular flexibility index (Phi) is 5.71. The summed E-state index contributed by atoms with van der Waals surface area (Å²) in [6.45, 7) is 2.72. The molecule has 0 spiro atoms. The van der Waals surface area contributed by atoms with Gasteiger partial charge in [0.25, 0.3) is 5.91 Å². The Labute approximate surface area is 160 Å². The summed E-state index contributed by atoms with van der Waals surface area (Å²) >= 11 is 0. The molecular weight excluding hydrogens is 336 g/mol. The molecule has 0 bridgehead atoms. The number of nitrogens with one attached hydrogen (secondary N) is 2. The molecule has 0 atom stereocenters. The van der Waals surface area contributed by atoms with Crippen molar-refractivity contribution in [2.45, 2.75) is 13.5 Å². The molecular formula is C22H24N4O. The minimum atomic E-state index is -0.159. The monoisotopic (exact) mass is 360 g/mol. The zero-order valence-corrected chi connectivity index (χ0v) is 15.9. The van der Waals surface area contributed by atoms with Crippen LogP contribution in [0.15, 0.2) is 66.9 Å². The Balaban J connectivity index is 1.63. The van der Waals surface area contributed by atoms with E-state index in [1.807, 2.05) is 43.3 Å². The first-order valence-corrected chi connectivity index (χ1v) is 8.85. The highest BCUT2D eigenvalue weighted by Gasteiger charge is 2.08. The van der Waals surface area contributed by atoms with Crippen molar-refractivity contribution in [3.63, 3.8) is 0 Å². The molecule has 1 aromatic heterocycles. The van der Waals surface area contributed by atoms with Crippen molar-refractivity contribution in [1.29, 1.82) is 0 Å². The molecule has 0 unspecified atom stereocenters. The van der Waals surface area contributed by atoms with Crippen molar-refractivity contribution in [1.82, 2.24) is 4.98 Å². The summed E-state index contributed by atoms with van der Waals surface area (Å²) in [6.07, 6.45) is 1.64. The van der Waals surface area contributed by atoms with Gasteiger partial charge in [-0.25, -0.2) is 4.98 Å². The molecule has 0 saturated carbocycles. The fraction of sp³-hybridized carbons (Fsp3) is 0.182. The average Bonchev–Trinajstić information content (AvgIpc) is 2.68. The van der Waals surface area contributed by atoms with Gasteiger partial charge in [-0.2, -0.15) is 0 Å². The number of aryl methyl sites for hydroxylation is 1. The molecule has 0 aliphatic rings. The van der Waals surface area contributed by atoms with Gasteiger partial charge in [-0.3, -0.25) is 4.79 Å². The van der Waals surface area contributed by atoms with Gasteiger partial charge in [-0.1, -0.05) is 29.8 Å². The molecule has 0 saturated heterocycles. The van der Waals surface area contributed by atoms with E-state index in [2.05, 4.69) is 46.8 Å². The zero-order chi connectivity index (χ0) is 19.2. The minimum absolute atomic E-state index is 0.159. The molecule has 0 fully saturated rings. The third-order valence-electron chi connectivity index (χ3n) is 4.26. The van der Waals surface area contributed by atoms with Crippen molar-refractivity contribution >= 4 is 23.1 Å². The van der Waals surface area contributed by atoms with Crippen LogP contribution < -0.4 is 15.5 Å². The van der Waals surface area contributed by atoms with Gasteiger partial charge < -0.3 is 15.5 Å². The van der Waals surface area contributed by atoms with E-state index < -0.39 is 0 Å². The number of pyridine rings is 1. The Morgan fingerprint density at radius 2 is 1.70 bits per heavy atom. The maximum atomic E-state index is 12.5. The summed E-state index contributed by atoms with van der Waals surface area (Å²) in [5.41, 5.74) is 4.80. The molecule has 0 aliphatic heterocycles. The van der Waals surface area contributed by atoms with Crippen LogP contribution in [0.2, 0.25) is 0 Å². The van der Waals surface area contributed by atoms with Gasteiger partial charge in [-0.15, -0.1) is 0 Å². The lowest BCUT2D eigenvalue weighted by atomic mass is 10.1. The van der Waals surface area contributed by atoms with Crippen LogP contribution in [0.1, 0.15) is 21.5 Å². The first kappa shape index (κ1) is 18.5. The summed E-state index contributed by atoms with van der Waals surface area (Å²) in [5, 5.41) is 6.18. The van der Waals surface area contributed by atoms with Gasteiger partial charge in [0.15, 0.2) is 0 Å². The highest BCUT2D eigenvalue weighted by Crippen LogP contribution is 2.17. The van der Waals surface area contributed by atoms with Crippen LogP contribution in [-0.4, -0.2) is 25.0 Å². The van der Waals surface area contributed by atoms with Crippen molar-refractivity contribution in [3.05, 3.63) is 83.6 Å². The smallest absolute Gasteiger partial charge is 0.255 e. The number of nitrogens with zero attached hydrogens (tertiary/aromatic N) is 2. The van der Waals surface area contributed by atoms with Crippen LogP contribution in [0.4, 0.5) is 17.2 Å². The maximum Gasteiger partial charge on any atom is 0.255 e. The van der Waals surface area contributed by atoms with Crippen molar-refractivity contribution < 1.29 is 4.79 Å². The van der Waals surface area contributed by atoms with Crippen LogP contribution in [0.5, 0.6) is 0 Å². The predicted molar refractivity (Wildman–Crippen MR) is 111 cm³/mol. The van der Waals surface area contributed by atoms with Gasteiger partial charge in [0.2, 0.25) is 0 Å². The number of carbonyl (C=O) groups excluding carboxylic acids is 1. The van der Waals surface area contributed by atoms with Gasteiger partial charge >= 0.3 is 0 Å². The summed E-state index contributed by atoms with van der Waals surface area (Å²) in [7, 11) is 3.96. The van der Waals surface area contributed by atoms with E-state index in [0.717, 1.165) is 11.4 Å². The van der Waals surface area contributed by atoms with Gasteiger partial charge in [0.05, 0.1) is 0 Å². The molecule has 5 heteroatoms. The first-order chi connectivity index (χ1) is 13.0. The van der Waals surface area contributed by atoms with Crippen molar-refractivity contribution in [2.75, 3.05) is 29.6 Å². The topological polar surface area (TPSA) is 57.3 Å². The number of rotatable bonds is 6. The largest absolute Gasteiger partial charge is 0.378 e. The Morgan fingerprint density at radius 1 is 1.00 bits per heavy atom. The molecule has 0 aliphatic carbocycles. The maximum absolute atomic E-state index is 12.5. The summed E-state index contributed by atoms with van der Waals surface area (Å²) in [6, 6.07) is 19.5. The Bertz CT molecular complexity index is 902. The Hall–Kier alpha value is -3.34. The summed E-state index contributed by atoms with van der Waals surface area (Å²) < 4.78 is 0. The number of carbonyl (C=O) groups is 1. The van der Waals surface area contributed by atoms with E-state index in [4.69, 9.17) is 0 Å². The lowest BCUT2D eigenvalue weighted by Crippen LogP contribution is -2.13. The van der Waals surface area contributed by atoms with Crippen molar-refractivity contribution in [2.24, 2.45) is 0 Å². The highest BCUT2D eigenvalue weighted by atomic mass is 16.1. The molecule has 27 heavy (non-hydrogen) atoms. The van der Waals surface area contributed by atoms with Crippen LogP contribution in [0.25, 0.3) is 0 Å². The third kappa shape index (κ3) is 5.07. The lowest BCUT2D eigenvalue weighted by Gasteiger charge is -2.13. The summed E-state index contributed by atoms with van der Waals surface area (Å²) in [4.78, 5) is 18.8. The highest BCUT2D eigenvalue weighted by molar-refractivity contribution is 6.04. The quantitative estimate of drug-likeness (QED) is 0.687. The molecule has 138 valence electrons. The van der Waals surface area contributed by atoms with Gasteiger partial charge in [0, 0.05) is 43.8 Å². The van der Waals surface area contributed by atoms with E-state index in [-0.39, 0.29) is 5.91 Å². The fourth-order valence-corrected chi connectivity index (χ4v) is 2.61. The number of anilines is 3. The second-order valence-corrected chi connectivity index (χ2v) is 6.66. The van der Waals surface area contributed by atoms with E-state index in [9.17, 15) is 4.79 Å². The molecule has 3 aromatic rings. The van der Waals surface area contributed by atoms with E-state index in [1.165, 1.54) is 11.1 Å². The number of amides is 1. The van der Waals surface area contributed by atoms with Crippen LogP contribution in [-0.2, 0) is 6.54 Å². The van der Waals surface area contributed by atoms with E-state index in [1.54, 1.807) is 18.3 Å². The van der Waals surface area contributed by atoms with Crippen LogP contribution >= 0.6 is 0 Å². The SMILES string of the molecule is Cc1ccc(CNc2cc(C(=O)Nc3ccc(N(C)C)cc3)ccn2)cc1. The van der Waals surface area contributed by atoms with Gasteiger partial charge in [0.1, 0.15) is 5.82 Å². The van der Waals surface area contributed by atoms with Gasteiger partial charge in [-0.05, 0) is 48.9 Å². The molecule has 2 N–H and O–H groups in total. The third-order valence-corrected chi connectivity index (χ3v) is 4.26. The van der Waals surface area contributed by atoms with Crippen LogP contribution in [0.3, 0.4) is 0 Å². The molecule has 1 heterocycles. The predicted octanol–water partition coefficient (Wildman–Crippen LogP) is 4.32. The normalized spacial score (nSPS) is 10.3. The average molecular weight is 360 g/mol. The van der Waals surface area contributed by atoms with Crippen LogP contribution in [0, 0.1) is 6.92 Å². The minimum Gasteiger partial charge on any atom is -0.378 e. The molecule has 0 radical (unpaired) electrons. The molecule has 3 rings (SSSR count). The number of hydrogen-bond acceptors (Lipinski definition) is 4. The first-order valence-electron chi connectivity index (χ1n) is 8.85. The number of aromatic nitrogens is 1. The number of benzene rings is 2. The second-order valence-electron chi connectivity index (χ2n) is 6.66. The van der Waals surface area contributed by atoms with E-state index >= 15 is 0 Å². The fourth-order valence-electron chi connectivity index (χ4n) is 2.61. The number of hydrogen-bond donors (Lipinski definition) is 2.